The van der Waals surface area contributed by atoms with Crippen molar-refractivity contribution in [1.29, 1.82) is 0 Å². The Morgan fingerprint density at radius 2 is 1.81 bits per heavy atom. The number of amides is 2. The van der Waals surface area contributed by atoms with Crippen LogP contribution in [0.3, 0.4) is 0 Å². The van der Waals surface area contributed by atoms with Crippen LogP contribution in [0.15, 0.2) is 12.1 Å². The van der Waals surface area contributed by atoms with Gasteiger partial charge in [-0.25, -0.2) is 4.79 Å². The SMILES string of the molecule is COc1cc2c(cc1N1CCN(C(=O)OC(C)(C)C)CC1)CCCC(=O)N2. The van der Waals surface area contributed by atoms with Crippen LogP contribution in [0, 0.1) is 0 Å². The van der Waals surface area contributed by atoms with Crippen molar-refractivity contribution >= 4 is 23.4 Å². The van der Waals surface area contributed by atoms with E-state index in [-0.39, 0.29) is 12.0 Å². The lowest BCUT2D eigenvalue weighted by molar-refractivity contribution is -0.116. The third kappa shape index (κ3) is 4.64. The van der Waals surface area contributed by atoms with Crippen molar-refractivity contribution in [3.05, 3.63) is 17.7 Å². The fourth-order valence-electron chi connectivity index (χ4n) is 3.45. The van der Waals surface area contributed by atoms with Crippen LogP contribution in [-0.4, -0.2) is 55.8 Å². The molecule has 148 valence electrons. The van der Waals surface area contributed by atoms with Crippen LogP contribution in [0.4, 0.5) is 16.2 Å². The van der Waals surface area contributed by atoms with Gasteiger partial charge in [-0.3, -0.25) is 4.79 Å². The number of carbonyl (C=O) groups is 2. The molecule has 1 N–H and O–H groups in total. The number of hydrogen-bond acceptors (Lipinski definition) is 5. The first-order valence-electron chi connectivity index (χ1n) is 9.50. The summed E-state index contributed by atoms with van der Waals surface area (Å²) in [7, 11) is 1.64. The Bertz CT molecular complexity index is 719. The Morgan fingerprint density at radius 1 is 1.11 bits per heavy atom. The van der Waals surface area contributed by atoms with Crippen molar-refractivity contribution in [1.82, 2.24) is 4.90 Å². The lowest BCUT2D eigenvalue weighted by Gasteiger charge is -2.37. The first-order chi connectivity index (χ1) is 12.8. The molecule has 27 heavy (non-hydrogen) atoms. The summed E-state index contributed by atoms with van der Waals surface area (Å²) in [4.78, 5) is 28.1. The van der Waals surface area contributed by atoms with Gasteiger partial charge in [0.05, 0.1) is 12.8 Å². The average molecular weight is 375 g/mol. The van der Waals surface area contributed by atoms with Crippen LogP contribution < -0.4 is 15.0 Å². The highest BCUT2D eigenvalue weighted by atomic mass is 16.6. The van der Waals surface area contributed by atoms with Crippen molar-refractivity contribution in [3.8, 4) is 5.75 Å². The van der Waals surface area contributed by atoms with E-state index >= 15 is 0 Å². The minimum Gasteiger partial charge on any atom is -0.495 e. The average Bonchev–Trinajstić information content (AvgIpc) is 2.79. The Hall–Kier alpha value is -2.44. The molecule has 0 unspecified atom stereocenters. The molecule has 0 spiro atoms. The number of nitrogens with zero attached hydrogens (tertiary/aromatic N) is 2. The fourth-order valence-corrected chi connectivity index (χ4v) is 3.45. The van der Waals surface area contributed by atoms with Crippen molar-refractivity contribution in [2.45, 2.75) is 45.6 Å². The van der Waals surface area contributed by atoms with Crippen LogP contribution in [0.5, 0.6) is 5.75 Å². The molecule has 0 radical (unpaired) electrons. The van der Waals surface area contributed by atoms with Gasteiger partial charge in [-0.05, 0) is 45.2 Å². The number of methoxy groups -OCH3 is 1. The lowest BCUT2D eigenvalue weighted by Crippen LogP contribution is -2.50. The number of hydrogen-bond donors (Lipinski definition) is 1. The van der Waals surface area contributed by atoms with Crippen LogP contribution >= 0.6 is 0 Å². The van der Waals surface area contributed by atoms with E-state index in [0.717, 1.165) is 35.5 Å². The summed E-state index contributed by atoms with van der Waals surface area (Å²) in [6.07, 6.45) is 1.99. The second-order valence-corrected chi connectivity index (χ2v) is 8.04. The molecule has 7 nitrogen and oxygen atoms in total. The van der Waals surface area contributed by atoms with Gasteiger partial charge in [0.25, 0.3) is 0 Å². The number of anilines is 2. The smallest absolute Gasteiger partial charge is 0.410 e. The zero-order chi connectivity index (χ0) is 19.6. The highest BCUT2D eigenvalue weighted by Crippen LogP contribution is 2.36. The van der Waals surface area contributed by atoms with Crippen molar-refractivity contribution < 1.29 is 19.1 Å². The zero-order valence-corrected chi connectivity index (χ0v) is 16.6. The Labute approximate surface area is 160 Å². The number of nitrogens with one attached hydrogen (secondary N) is 1. The number of ether oxygens (including phenoxy) is 2. The molecule has 3 rings (SSSR count). The van der Waals surface area contributed by atoms with E-state index in [2.05, 4.69) is 16.3 Å². The molecule has 0 aliphatic carbocycles. The molecule has 0 atom stereocenters. The monoisotopic (exact) mass is 375 g/mol. The van der Waals surface area contributed by atoms with Crippen LogP contribution in [0.2, 0.25) is 0 Å². The van der Waals surface area contributed by atoms with Crippen molar-refractivity contribution in [3.63, 3.8) is 0 Å². The number of benzene rings is 1. The predicted octanol–water partition coefficient (Wildman–Crippen LogP) is 3.03. The third-order valence-electron chi connectivity index (χ3n) is 4.80. The number of fused-ring (bicyclic) bond motifs is 1. The fraction of sp³-hybridized carbons (Fsp3) is 0.600. The normalized spacial score (nSPS) is 17.7. The maximum absolute atomic E-state index is 12.3. The molecule has 2 amide bonds. The predicted molar refractivity (Wildman–Crippen MR) is 105 cm³/mol. The highest BCUT2D eigenvalue weighted by Gasteiger charge is 2.27. The molecule has 0 saturated carbocycles. The topological polar surface area (TPSA) is 71.1 Å². The summed E-state index contributed by atoms with van der Waals surface area (Å²) in [5.41, 5.74) is 2.49. The first kappa shape index (κ1) is 19.3. The molecule has 1 fully saturated rings. The van der Waals surface area contributed by atoms with Gasteiger partial charge in [0.15, 0.2) is 0 Å². The molecular weight excluding hydrogens is 346 g/mol. The minimum absolute atomic E-state index is 0.0505. The van der Waals surface area contributed by atoms with E-state index in [1.165, 1.54) is 0 Å². The summed E-state index contributed by atoms with van der Waals surface area (Å²) in [5, 5.41) is 2.96. The number of aryl methyl sites for hydroxylation is 1. The van der Waals surface area contributed by atoms with E-state index in [0.29, 0.717) is 32.6 Å². The van der Waals surface area contributed by atoms with Gasteiger partial charge in [0.2, 0.25) is 5.91 Å². The van der Waals surface area contributed by atoms with Crippen LogP contribution in [0.25, 0.3) is 0 Å². The first-order valence-corrected chi connectivity index (χ1v) is 9.50. The number of rotatable bonds is 2. The van der Waals surface area contributed by atoms with Gasteiger partial charge < -0.3 is 24.6 Å². The van der Waals surface area contributed by atoms with E-state index in [1.54, 1.807) is 12.0 Å². The van der Waals surface area contributed by atoms with Crippen molar-refractivity contribution in [2.24, 2.45) is 0 Å². The summed E-state index contributed by atoms with van der Waals surface area (Å²) < 4.78 is 11.0. The van der Waals surface area contributed by atoms with Gasteiger partial charge in [0.1, 0.15) is 11.4 Å². The van der Waals surface area contributed by atoms with Crippen LogP contribution in [-0.2, 0) is 16.0 Å². The van der Waals surface area contributed by atoms with Crippen molar-refractivity contribution in [2.75, 3.05) is 43.5 Å². The lowest BCUT2D eigenvalue weighted by atomic mass is 10.1. The zero-order valence-electron chi connectivity index (χ0n) is 16.6. The Balaban J connectivity index is 1.73. The molecular formula is C20H29N3O4. The molecule has 2 aliphatic heterocycles. The summed E-state index contributed by atoms with van der Waals surface area (Å²) >= 11 is 0. The largest absolute Gasteiger partial charge is 0.495 e. The Morgan fingerprint density at radius 3 is 2.44 bits per heavy atom. The maximum Gasteiger partial charge on any atom is 0.410 e. The van der Waals surface area contributed by atoms with Gasteiger partial charge in [-0.15, -0.1) is 0 Å². The number of carbonyl (C=O) groups excluding carboxylic acids is 2. The molecule has 0 bridgehead atoms. The standard InChI is InChI=1S/C20H29N3O4/c1-20(2,3)27-19(25)23-10-8-22(9-11-23)16-12-14-6-5-7-18(24)21-15(14)13-17(16)26-4/h12-13H,5-11H2,1-4H3,(H,21,24). The second-order valence-electron chi connectivity index (χ2n) is 8.04. The van der Waals surface area contributed by atoms with Gasteiger partial charge in [-0.2, -0.15) is 0 Å². The van der Waals surface area contributed by atoms with E-state index < -0.39 is 5.60 Å². The van der Waals surface area contributed by atoms with E-state index in [9.17, 15) is 9.59 Å². The van der Waals surface area contributed by atoms with Gasteiger partial charge in [-0.1, -0.05) is 0 Å². The van der Waals surface area contributed by atoms with E-state index in [4.69, 9.17) is 9.47 Å². The molecule has 1 saturated heterocycles. The summed E-state index contributed by atoms with van der Waals surface area (Å²) in [6.45, 7) is 8.25. The molecule has 7 heteroatoms. The second kappa shape index (κ2) is 7.66. The van der Waals surface area contributed by atoms with Gasteiger partial charge in [0, 0.05) is 44.4 Å². The molecule has 2 aliphatic rings. The summed E-state index contributed by atoms with van der Waals surface area (Å²) in [5.74, 6) is 0.788. The number of piperazine rings is 1. The highest BCUT2D eigenvalue weighted by molar-refractivity contribution is 5.93. The molecule has 0 aromatic heterocycles. The Kier molecular flexibility index (Phi) is 5.48. The molecule has 2 heterocycles. The molecule has 1 aromatic rings. The minimum atomic E-state index is -0.487. The third-order valence-corrected chi connectivity index (χ3v) is 4.80. The van der Waals surface area contributed by atoms with Gasteiger partial charge >= 0.3 is 6.09 Å². The maximum atomic E-state index is 12.3. The summed E-state index contributed by atoms with van der Waals surface area (Å²) in [6, 6.07) is 4.02. The van der Waals surface area contributed by atoms with Crippen LogP contribution in [0.1, 0.15) is 39.2 Å². The molecule has 1 aromatic carbocycles. The quantitative estimate of drug-likeness (QED) is 0.860. The van der Waals surface area contributed by atoms with E-state index in [1.807, 2.05) is 26.8 Å².